The Bertz CT molecular complexity index is 680. The van der Waals surface area contributed by atoms with Crippen molar-refractivity contribution >= 4 is 27.5 Å². The van der Waals surface area contributed by atoms with Gasteiger partial charge < -0.3 is 6.15 Å². The molecule has 5 N–H and O–H groups in total. The van der Waals surface area contributed by atoms with Gasteiger partial charge in [0, 0.05) is 0 Å². The molecule has 0 spiro atoms. The Morgan fingerprint density at radius 1 is 1.00 bits per heavy atom. The number of nitro benzene ring substituents is 3. The lowest BCUT2D eigenvalue weighted by Gasteiger charge is -1.99. The van der Waals surface area contributed by atoms with E-state index in [2.05, 4.69) is 4.33 Å². The van der Waals surface area contributed by atoms with Crippen molar-refractivity contribution in [2.75, 3.05) is 0 Å². The molecule has 1 aromatic rings. The molecule has 0 fully saturated rings. The van der Waals surface area contributed by atoms with Crippen molar-refractivity contribution in [1.82, 2.24) is 6.15 Å². The lowest BCUT2D eigenvalue weighted by Crippen LogP contribution is -2.00. The maximum Gasteiger partial charge on any atom is 0.423 e. The maximum atomic E-state index is 10.5. The SMILES string of the molecule is Cc1c([N+](=O)[O-])cc([N+](=O)[O-])cc1[N+](=O)[O-].N.O=S(=O)(O)OO. The van der Waals surface area contributed by atoms with Gasteiger partial charge in [-0.15, -0.1) is 0 Å². The lowest BCUT2D eigenvalue weighted by atomic mass is 10.1. The highest BCUT2D eigenvalue weighted by Crippen LogP contribution is 2.32. The molecule has 0 amide bonds. The van der Waals surface area contributed by atoms with Crippen molar-refractivity contribution in [2.24, 2.45) is 0 Å². The van der Waals surface area contributed by atoms with Crippen molar-refractivity contribution in [3.63, 3.8) is 0 Å². The van der Waals surface area contributed by atoms with Crippen LogP contribution in [0.2, 0.25) is 0 Å². The van der Waals surface area contributed by atoms with E-state index in [1.165, 1.54) is 6.92 Å². The van der Waals surface area contributed by atoms with Gasteiger partial charge in [0.15, 0.2) is 0 Å². The summed E-state index contributed by atoms with van der Waals surface area (Å²) in [6, 6.07) is 1.39. The number of rotatable bonds is 4. The highest BCUT2D eigenvalue weighted by atomic mass is 32.3. The monoisotopic (exact) mass is 358 g/mol. The molecule has 0 radical (unpaired) electrons. The molecule has 15 nitrogen and oxygen atoms in total. The second-order valence-corrected chi connectivity index (χ2v) is 4.39. The van der Waals surface area contributed by atoms with Crippen LogP contribution in [0.5, 0.6) is 0 Å². The predicted octanol–water partition coefficient (Wildman–Crippen LogP) is 1.16. The van der Waals surface area contributed by atoms with E-state index >= 15 is 0 Å². The summed E-state index contributed by atoms with van der Waals surface area (Å²) < 4.78 is 28.0. The van der Waals surface area contributed by atoms with Crippen LogP contribution in [0.25, 0.3) is 0 Å². The second-order valence-electron chi connectivity index (χ2n) is 3.38. The van der Waals surface area contributed by atoms with Crippen LogP contribution in [0.4, 0.5) is 17.1 Å². The van der Waals surface area contributed by atoms with Crippen LogP contribution in [0, 0.1) is 37.3 Å². The first-order valence-electron chi connectivity index (χ1n) is 4.79. The Morgan fingerprint density at radius 3 is 1.48 bits per heavy atom. The zero-order valence-corrected chi connectivity index (χ0v) is 12.0. The highest BCUT2D eigenvalue weighted by Gasteiger charge is 2.27. The van der Waals surface area contributed by atoms with Gasteiger partial charge in [-0.3, -0.25) is 34.9 Å². The number of nitro groups is 3. The summed E-state index contributed by atoms with van der Waals surface area (Å²) in [5, 5.41) is 38.6. The molecule has 130 valence electrons. The van der Waals surface area contributed by atoms with Gasteiger partial charge in [0.2, 0.25) is 0 Å². The van der Waals surface area contributed by atoms with Crippen LogP contribution in [-0.2, 0) is 14.7 Å². The summed E-state index contributed by atoms with van der Waals surface area (Å²) >= 11 is 0. The molecule has 1 aromatic carbocycles. The summed E-state index contributed by atoms with van der Waals surface area (Å²) in [4.78, 5) is 28.8. The quantitative estimate of drug-likeness (QED) is 0.296. The van der Waals surface area contributed by atoms with Crippen LogP contribution >= 0.6 is 0 Å². The van der Waals surface area contributed by atoms with Crippen molar-refractivity contribution in [3.05, 3.63) is 48.0 Å². The summed E-state index contributed by atoms with van der Waals surface area (Å²) in [6.07, 6.45) is 0. The Balaban J connectivity index is 0. The second kappa shape index (κ2) is 8.60. The molecule has 0 saturated heterocycles. The third-order valence-corrected chi connectivity index (χ3v) is 2.22. The van der Waals surface area contributed by atoms with E-state index in [1.807, 2.05) is 0 Å². The van der Waals surface area contributed by atoms with Crippen molar-refractivity contribution in [1.29, 1.82) is 0 Å². The molecular weight excluding hydrogens is 348 g/mol. The lowest BCUT2D eigenvalue weighted by molar-refractivity contribution is -0.403. The molecule has 0 saturated carbocycles. The normalized spacial score (nSPS) is 9.87. The van der Waals surface area contributed by atoms with Gasteiger partial charge >= 0.3 is 10.4 Å². The fourth-order valence-corrected chi connectivity index (χ4v) is 1.15. The van der Waals surface area contributed by atoms with Gasteiger partial charge in [-0.05, 0) is 6.92 Å². The first kappa shape index (κ1) is 22.5. The minimum absolute atomic E-state index is 0. The number of non-ortho nitro benzene ring substituents is 1. The van der Waals surface area contributed by atoms with E-state index in [0.717, 1.165) is 0 Å². The molecule has 0 unspecified atom stereocenters. The predicted molar refractivity (Wildman–Crippen MR) is 71.4 cm³/mol. The van der Waals surface area contributed by atoms with Gasteiger partial charge in [0.25, 0.3) is 17.1 Å². The molecular formula is C7H10N4O11S. The molecule has 16 heteroatoms. The average Bonchev–Trinajstić information content (AvgIpc) is 2.37. The van der Waals surface area contributed by atoms with Crippen LogP contribution in [0.3, 0.4) is 0 Å². The zero-order valence-electron chi connectivity index (χ0n) is 11.2. The molecule has 0 aromatic heterocycles. The van der Waals surface area contributed by atoms with E-state index in [0.29, 0.717) is 12.1 Å². The summed E-state index contributed by atoms with van der Waals surface area (Å²) in [7, 11) is -4.61. The van der Waals surface area contributed by atoms with Crippen LogP contribution in [0.15, 0.2) is 12.1 Å². The van der Waals surface area contributed by atoms with E-state index in [1.54, 1.807) is 0 Å². The van der Waals surface area contributed by atoms with Gasteiger partial charge in [-0.2, -0.15) is 8.42 Å². The molecule has 1 rings (SSSR count). The number of hydrogen-bond acceptors (Lipinski definition) is 11. The van der Waals surface area contributed by atoms with Gasteiger partial charge in [0.05, 0.1) is 26.9 Å². The van der Waals surface area contributed by atoms with Gasteiger partial charge in [-0.1, -0.05) is 4.33 Å². The van der Waals surface area contributed by atoms with E-state index < -0.39 is 42.2 Å². The zero-order chi connectivity index (χ0) is 17.7. The largest absolute Gasteiger partial charge is 0.423 e. The number of hydrogen-bond donors (Lipinski definition) is 3. The Kier molecular flexibility index (Phi) is 8.41. The molecule has 0 aliphatic carbocycles. The third-order valence-electron chi connectivity index (χ3n) is 2.04. The fourth-order valence-electron chi connectivity index (χ4n) is 1.15. The van der Waals surface area contributed by atoms with E-state index in [9.17, 15) is 30.3 Å². The van der Waals surface area contributed by atoms with Crippen molar-refractivity contribution in [3.8, 4) is 0 Å². The standard InChI is InChI=1S/C7H5N3O6.H3N.H2O5S/c1-4-6(9(13)14)2-5(8(11)12)3-7(4)10(15)16;;1-5-6(2,3)4/h2-3H,1H3;1H3;1H,(H,2,3,4). The first-order valence-corrected chi connectivity index (χ1v) is 6.15. The van der Waals surface area contributed by atoms with Gasteiger partial charge in [-0.25, -0.2) is 5.26 Å². The van der Waals surface area contributed by atoms with Crippen molar-refractivity contribution < 1.29 is 37.3 Å². The van der Waals surface area contributed by atoms with Crippen LogP contribution in [0.1, 0.15) is 5.56 Å². The third kappa shape index (κ3) is 7.15. The summed E-state index contributed by atoms with van der Waals surface area (Å²) in [5.41, 5.74) is -2.16. The highest BCUT2D eigenvalue weighted by molar-refractivity contribution is 7.80. The van der Waals surface area contributed by atoms with E-state index in [-0.39, 0.29) is 11.7 Å². The molecule has 0 atom stereocenters. The smallest absolute Gasteiger partial charge is 0.344 e. The molecule has 23 heavy (non-hydrogen) atoms. The molecule has 0 aliphatic heterocycles. The van der Waals surface area contributed by atoms with Gasteiger partial charge in [0.1, 0.15) is 5.56 Å². The minimum atomic E-state index is -4.61. The fraction of sp³-hybridized carbons (Fsp3) is 0.143. The van der Waals surface area contributed by atoms with E-state index in [4.69, 9.17) is 18.2 Å². The Hall–Kier alpha value is -2.79. The first-order chi connectivity index (χ1) is 9.90. The number of nitrogens with zero attached hydrogens (tertiary/aromatic N) is 3. The maximum absolute atomic E-state index is 10.5. The Morgan fingerprint density at radius 2 is 1.30 bits per heavy atom. The van der Waals surface area contributed by atoms with Crippen LogP contribution < -0.4 is 6.15 Å². The summed E-state index contributed by atoms with van der Waals surface area (Å²) in [6.45, 7) is 1.17. The Labute approximate surface area is 127 Å². The minimum Gasteiger partial charge on any atom is -0.344 e. The topological polar surface area (TPSA) is 248 Å². The molecule has 0 heterocycles. The van der Waals surface area contributed by atoms with Crippen molar-refractivity contribution in [2.45, 2.75) is 6.92 Å². The number of benzene rings is 1. The molecule has 0 bridgehead atoms. The van der Waals surface area contributed by atoms with Crippen LogP contribution in [-0.4, -0.2) is 33.0 Å². The molecule has 0 aliphatic rings. The summed E-state index contributed by atoms with van der Waals surface area (Å²) in [5.74, 6) is 0. The average molecular weight is 358 g/mol.